The maximum Gasteiger partial charge on any atom is 0.343 e. The minimum absolute atomic E-state index is 0.200. The normalized spacial score (nSPS) is 18.2. The van der Waals surface area contributed by atoms with Crippen LogP contribution < -0.4 is 4.90 Å². The number of hydrogen-bond donors (Lipinski definition) is 0. The van der Waals surface area contributed by atoms with Crippen LogP contribution in [0.5, 0.6) is 0 Å². The topological polar surface area (TPSA) is 81.6 Å². The molecular weight excluding hydrogens is 274 g/mol. The van der Waals surface area contributed by atoms with Gasteiger partial charge in [0.1, 0.15) is 17.7 Å². The van der Waals surface area contributed by atoms with Crippen molar-refractivity contribution in [2.45, 2.75) is 19.8 Å². The molecular formula is C14H19N3O4. The second kappa shape index (κ2) is 7.01. The SMILES string of the molecule is CCOC(=O)c1cncnc1N1CCCC(C(=O)OC)C1. The maximum atomic E-state index is 12.0. The summed E-state index contributed by atoms with van der Waals surface area (Å²) in [5.74, 6) is -0.370. The molecule has 2 heterocycles. The lowest BCUT2D eigenvalue weighted by Gasteiger charge is -2.32. The van der Waals surface area contributed by atoms with Gasteiger partial charge < -0.3 is 14.4 Å². The third kappa shape index (κ3) is 3.48. The summed E-state index contributed by atoms with van der Waals surface area (Å²) in [5, 5.41) is 0. The average Bonchev–Trinajstić information content (AvgIpc) is 2.54. The monoisotopic (exact) mass is 293 g/mol. The van der Waals surface area contributed by atoms with Crippen molar-refractivity contribution in [3.8, 4) is 0 Å². The number of nitrogens with zero attached hydrogens (tertiary/aromatic N) is 3. The molecule has 1 atom stereocenters. The Kier molecular flexibility index (Phi) is 5.08. The molecule has 21 heavy (non-hydrogen) atoms. The maximum absolute atomic E-state index is 12.0. The fraction of sp³-hybridized carbons (Fsp3) is 0.571. The van der Waals surface area contributed by atoms with Crippen molar-refractivity contribution >= 4 is 17.8 Å². The van der Waals surface area contributed by atoms with E-state index in [1.54, 1.807) is 6.92 Å². The number of esters is 2. The number of rotatable bonds is 4. The van der Waals surface area contributed by atoms with Gasteiger partial charge in [0.05, 0.1) is 19.6 Å². The molecule has 0 amide bonds. The van der Waals surface area contributed by atoms with Crippen molar-refractivity contribution in [3.63, 3.8) is 0 Å². The van der Waals surface area contributed by atoms with Crippen LogP contribution >= 0.6 is 0 Å². The number of ether oxygens (including phenoxy) is 2. The van der Waals surface area contributed by atoms with Crippen molar-refractivity contribution in [2.24, 2.45) is 5.92 Å². The Hall–Kier alpha value is -2.18. The minimum atomic E-state index is -0.451. The highest BCUT2D eigenvalue weighted by atomic mass is 16.5. The van der Waals surface area contributed by atoms with Crippen molar-refractivity contribution in [3.05, 3.63) is 18.1 Å². The fourth-order valence-electron chi connectivity index (χ4n) is 2.46. The summed E-state index contributed by atoms with van der Waals surface area (Å²) in [4.78, 5) is 33.6. The lowest BCUT2D eigenvalue weighted by Crippen LogP contribution is -2.40. The minimum Gasteiger partial charge on any atom is -0.469 e. The first-order valence-electron chi connectivity index (χ1n) is 6.97. The Bertz CT molecular complexity index is 521. The Morgan fingerprint density at radius 3 is 3.00 bits per heavy atom. The molecule has 1 aromatic heterocycles. The summed E-state index contributed by atoms with van der Waals surface area (Å²) >= 11 is 0. The standard InChI is InChI=1S/C14H19N3O4/c1-3-21-14(19)11-7-15-9-16-12(11)17-6-4-5-10(8-17)13(18)20-2/h7,9-10H,3-6,8H2,1-2H3. The van der Waals surface area contributed by atoms with E-state index in [0.717, 1.165) is 19.4 Å². The number of carbonyl (C=O) groups excluding carboxylic acids is 2. The Balaban J connectivity index is 2.21. The quantitative estimate of drug-likeness (QED) is 0.767. The second-order valence-electron chi connectivity index (χ2n) is 4.79. The van der Waals surface area contributed by atoms with E-state index < -0.39 is 5.97 Å². The summed E-state index contributed by atoms with van der Waals surface area (Å²) in [6.45, 7) is 3.25. The van der Waals surface area contributed by atoms with E-state index in [-0.39, 0.29) is 18.5 Å². The van der Waals surface area contributed by atoms with Crippen LogP contribution in [-0.4, -0.2) is 48.7 Å². The molecule has 0 aliphatic carbocycles. The van der Waals surface area contributed by atoms with Crippen molar-refractivity contribution in [2.75, 3.05) is 31.7 Å². The molecule has 1 aliphatic rings. The molecule has 0 N–H and O–H groups in total. The molecule has 114 valence electrons. The lowest BCUT2D eigenvalue weighted by atomic mass is 9.98. The summed E-state index contributed by atoms with van der Waals surface area (Å²) in [7, 11) is 1.38. The van der Waals surface area contributed by atoms with E-state index in [1.165, 1.54) is 19.6 Å². The molecule has 2 rings (SSSR count). The Morgan fingerprint density at radius 2 is 2.29 bits per heavy atom. The van der Waals surface area contributed by atoms with E-state index in [2.05, 4.69) is 9.97 Å². The number of hydrogen-bond acceptors (Lipinski definition) is 7. The molecule has 1 unspecified atom stereocenters. The van der Waals surface area contributed by atoms with E-state index in [0.29, 0.717) is 17.9 Å². The third-order valence-electron chi connectivity index (χ3n) is 3.44. The molecule has 0 radical (unpaired) electrons. The zero-order valence-corrected chi connectivity index (χ0v) is 12.2. The molecule has 7 nitrogen and oxygen atoms in total. The highest BCUT2D eigenvalue weighted by Gasteiger charge is 2.29. The smallest absolute Gasteiger partial charge is 0.343 e. The highest BCUT2D eigenvalue weighted by Crippen LogP contribution is 2.25. The van der Waals surface area contributed by atoms with Gasteiger partial charge in [-0.25, -0.2) is 14.8 Å². The number of carbonyl (C=O) groups is 2. The van der Waals surface area contributed by atoms with Crippen LogP contribution in [0.1, 0.15) is 30.1 Å². The van der Waals surface area contributed by atoms with E-state index in [9.17, 15) is 9.59 Å². The van der Waals surface area contributed by atoms with Gasteiger partial charge in [0.15, 0.2) is 0 Å². The number of methoxy groups -OCH3 is 1. The van der Waals surface area contributed by atoms with Crippen molar-refractivity contribution in [1.82, 2.24) is 9.97 Å². The molecule has 0 aromatic carbocycles. The van der Waals surface area contributed by atoms with Gasteiger partial charge in [0.25, 0.3) is 0 Å². The zero-order chi connectivity index (χ0) is 15.2. The van der Waals surface area contributed by atoms with E-state index in [1.807, 2.05) is 4.90 Å². The van der Waals surface area contributed by atoms with Crippen molar-refractivity contribution < 1.29 is 19.1 Å². The molecule has 1 aliphatic heterocycles. The summed E-state index contributed by atoms with van der Waals surface area (Å²) in [5.41, 5.74) is 0.324. The molecule has 7 heteroatoms. The van der Waals surface area contributed by atoms with Crippen LogP contribution in [0, 0.1) is 5.92 Å². The highest BCUT2D eigenvalue weighted by molar-refractivity contribution is 5.94. The van der Waals surface area contributed by atoms with E-state index in [4.69, 9.17) is 9.47 Å². The van der Waals surface area contributed by atoms with Gasteiger partial charge in [-0.15, -0.1) is 0 Å². The van der Waals surface area contributed by atoms with Crippen LogP contribution in [0.15, 0.2) is 12.5 Å². The Labute approximate surface area is 123 Å². The Morgan fingerprint density at radius 1 is 1.48 bits per heavy atom. The van der Waals surface area contributed by atoms with Gasteiger partial charge in [0.2, 0.25) is 0 Å². The second-order valence-corrected chi connectivity index (χ2v) is 4.79. The number of piperidine rings is 1. The summed E-state index contributed by atoms with van der Waals surface area (Å²) < 4.78 is 9.82. The predicted molar refractivity (Wildman–Crippen MR) is 74.9 cm³/mol. The van der Waals surface area contributed by atoms with Gasteiger partial charge in [-0.2, -0.15) is 0 Å². The first-order chi connectivity index (χ1) is 10.2. The van der Waals surface area contributed by atoms with Crippen LogP contribution in [0.3, 0.4) is 0 Å². The first kappa shape index (κ1) is 15.2. The van der Waals surface area contributed by atoms with E-state index >= 15 is 0 Å². The van der Waals surface area contributed by atoms with Gasteiger partial charge in [0, 0.05) is 19.3 Å². The molecule has 0 bridgehead atoms. The first-order valence-corrected chi connectivity index (χ1v) is 6.97. The fourth-order valence-corrected chi connectivity index (χ4v) is 2.46. The van der Waals surface area contributed by atoms with Crippen molar-refractivity contribution in [1.29, 1.82) is 0 Å². The number of aromatic nitrogens is 2. The third-order valence-corrected chi connectivity index (χ3v) is 3.44. The molecule has 0 spiro atoms. The summed E-state index contributed by atoms with van der Waals surface area (Å²) in [6.07, 6.45) is 4.46. The number of anilines is 1. The average molecular weight is 293 g/mol. The molecule has 0 saturated carbocycles. The predicted octanol–water partition coefficient (Wildman–Crippen LogP) is 1.04. The van der Waals surface area contributed by atoms with Gasteiger partial charge >= 0.3 is 11.9 Å². The van der Waals surface area contributed by atoms with Gasteiger partial charge in [-0.05, 0) is 19.8 Å². The van der Waals surface area contributed by atoms with Crippen LogP contribution in [0.4, 0.5) is 5.82 Å². The van der Waals surface area contributed by atoms with Crippen LogP contribution in [0.25, 0.3) is 0 Å². The van der Waals surface area contributed by atoms with Crippen LogP contribution in [-0.2, 0) is 14.3 Å². The zero-order valence-electron chi connectivity index (χ0n) is 12.2. The van der Waals surface area contributed by atoms with Gasteiger partial charge in [-0.3, -0.25) is 4.79 Å². The largest absolute Gasteiger partial charge is 0.469 e. The molecule has 1 fully saturated rings. The molecule has 1 saturated heterocycles. The molecule has 1 aromatic rings. The van der Waals surface area contributed by atoms with Crippen LogP contribution in [0.2, 0.25) is 0 Å². The lowest BCUT2D eigenvalue weighted by molar-refractivity contribution is -0.145. The summed E-state index contributed by atoms with van der Waals surface area (Å²) in [6, 6.07) is 0. The van der Waals surface area contributed by atoms with Gasteiger partial charge in [-0.1, -0.05) is 0 Å².